The highest BCUT2D eigenvalue weighted by molar-refractivity contribution is 5.51. The third-order valence-corrected chi connectivity index (χ3v) is 2.35. The van der Waals surface area contributed by atoms with Crippen molar-refractivity contribution in [1.82, 2.24) is 10.1 Å². The molecule has 0 aromatic carbocycles. The lowest BCUT2D eigenvalue weighted by atomic mass is 10.1. The summed E-state index contributed by atoms with van der Waals surface area (Å²) >= 11 is 0. The fourth-order valence-corrected chi connectivity index (χ4v) is 1.35. The van der Waals surface area contributed by atoms with E-state index in [9.17, 15) is 0 Å². The van der Waals surface area contributed by atoms with E-state index in [1.54, 1.807) is 18.6 Å². The molecule has 15 heavy (non-hydrogen) atoms. The van der Waals surface area contributed by atoms with Crippen molar-refractivity contribution >= 4 is 0 Å². The summed E-state index contributed by atoms with van der Waals surface area (Å²) in [7, 11) is 0. The van der Waals surface area contributed by atoms with E-state index in [4.69, 9.17) is 14.7 Å². The maximum Gasteiger partial charge on any atom is 0.231 e. The third kappa shape index (κ3) is 1.92. The first kappa shape index (κ1) is 9.92. The lowest BCUT2D eigenvalue weighted by Gasteiger charge is -2.03. The Morgan fingerprint density at radius 1 is 1.53 bits per heavy atom. The average molecular weight is 207 g/mol. The molecule has 0 aliphatic carbocycles. The minimum atomic E-state index is 0.137. The van der Waals surface area contributed by atoms with E-state index < -0.39 is 0 Å². The molecule has 5 heteroatoms. The number of nitrogens with zero attached hydrogens (tertiary/aromatic N) is 2. The molecule has 0 amide bonds. The number of nitrogens with two attached hydrogens (primary N) is 1. The highest BCUT2D eigenvalue weighted by Crippen LogP contribution is 2.21. The Labute approximate surface area is 87.3 Å². The summed E-state index contributed by atoms with van der Waals surface area (Å²) in [6, 6.07) is 1.79. The Morgan fingerprint density at radius 3 is 3.00 bits per heavy atom. The molecule has 2 aromatic heterocycles. The highest BCUT2D eigenvalue weighted by atomic mass is 16.5. The van der Waals surface area contributed by atoms with Crippen molar-refractivity contribution in [2.24, 2.45) is 5.73 Å². The summed E-state index contributed by atoms with van der Waals surface area (Å²) in [5, 5.41) is 3.87. The molecular formula is C10H13N3O2. The lowest BCUT2D eigenvalue weighted by molar-refractivity contribution is 0.351. The third-order valence-electron chi connectivity index (χ3n) is 2.35. The van der Waals surface area contributed by atoms with E-state index in [1.165, 1.54) is 0 Å². The van der Waals surface area contributed by atoms with Crippen LogP contribution in [-0.2, 0) is 0 Å². The van der Waals surface area contributed by atoms with Crippen LogP contribution in [0.5, 0.6) is 0 Å². The van der Waals surface area contributed by atoms with Crippen molar-refractivity contribution in [2.75, 3.05) is 6.54 Å². The van der Waals surface area contributed by atoms with Crippen LogP contribution in [0.25, 0.3) is 11.4 Å². The Bertz CT molecular complexity index is 404. The maximum atomic E-state index is 5.60. The number of furan rings is 1. The van der Waals surface area contributed by atoms with Crippen molar-refractivity contribution in [3.63, 3.8) is 0 Å². The van der Waals surface area contributed by atoms with Crippen LogP contribution in [-0.4, -0.2) is 16.7 Å². The van der Waals surface area contributed by atoms with Crippen LogP contribution in [0.3, 0.4) is 0 Å². The van der Waals surface area contributed by atoms with Gasteiger partial charge in [-0.2, -0.15) is 4.98 Å². The normalized spacial score (nSPS) is 12.9. The predicted octanol–water partition coefficient (Wildman–Crippen LogP) is 1.78. The molecule has 0 spiro atoms. The minimum absolute atomic E-state index is 0.137. The molecular weight excluding hydrogens is 194 g/mol. The molecule has 2 aromatic rings. The van der Waals surface area contributed by atoms with Gasteiger partial charge in [0.05, 0.1) is 17.7 Å². The van der Waals surface area contributed by atoms with Crippen LogP contribution in [0.4, 0.5) is 0 Å². The molecule has 1 unspecified atom stereocenters. The Morgan fingerprint density at radius 2 is 2.40 bits per heavy atom. The smallest absolute Gasteiger partial charge is 0.231 e. The van der Waals surface area contributed by atoms with Crippen LogP contribution in [0.15, 0.2) is 27.5 Å². The van der Waals surface area contributed by atoms with E-state index in [2.05, 4.69) is 10.1 Å². The molecule has 0 saturated heterocycles. The molecule has 0 aliphatic heterocycles. The molecule has 2 rings (SSSR count). The van der Waals surface area contributed by atoms with Gasteiger partial charge < -0.3 is 14.7 Å². The van der Waals surface area contributed by atoms with Gasteiger partial charge in [0.25, 0.3) is 0 Å². The number of hydrogen-bond donors (Lipinski definition) is 1. The summed E-state index contributed by atoms with van der Waals surface area (Å²) in [5.41, 5.74) is 6.41. The van der Waals surface area contributed by atoms with E-state index in [0.717, 1.165) is 12.0 Å². The molecule has 0 radical (unpaired) electrons. The van der Waals surface area contributed by atoms with E-state index in [-0.39, 0.29) is 5.92 Å². The van der Waals surface area contributed by atoms with E-state index >= 15 is 0 Å². The van der Waals surface area contributed by atoms with Crippen molar-refractivity contribution < 1.29 is 8.94 Å². The van der Waals surface area contributed by atoms with Gasteiger partial charge in [0.1, 0.15) is 6.26 Å². The van der Waals surface area contributed by atoms with Crippen molar-refractivity contribution in [3.8, 4) is 11.4 Å². The van der Waals surface area contributed by atoms with Crippen LogP contribution >= 0.6 is 0 Å². The van der Waals surface area contributed by atoms with Gasteiger partial charge in [0.2, 0.25) is 11.7 Å². The van der Waals surface area contributed by atoms with Crippen LogP contribution in [0.2, 0.25) is 0 Å². The Kier molecular flexibility index (Phi) is 2.82. The molecule has 2 N–H and O–H groups in total. The Hall–Kier alpha value is -1.62. The first-order chi connectivity index (χ1) is 7.35. The zero-order valence-electron chi connectivity index (χ0n) is 8.51. The van der Waals surface area contributed by atoms with Crippen LogP contribution < -0.4 is 5.73 Å². The second kappa shape index (κ2) is 4.27. The summed E-state index contributed by atoms with van der Waals surface area (Å²) in [4.78, 5) is 4.28. The van der Waals surface area contributed by atoms with E-state index in [1.807, 2.05) is 6.92 Å². The first-order valence-corrected chi connectivity index (χ1v) is 4.91. The number of rotatable bonds is 4. The largest absolute Gasteiger partial charge is 0.472 e. The first-order valence-electron chi connectivity index (χ1n) is 4.91. The Balaban J connectivity index is 2.24. The SMILES string of the molecule is CCC(CN)c1nc(-c2ccoc2)no1. The summed E-state index contributed by atoms with van der Waals surface area (Å²) in [5.74, 6) is 1.28. The van der Waals surface area contributed by atoms with Gasteiger partial charge in [-0.15, -0.1) is 0 Å². The zero-order valence-corrected chi connectivity index (χ0v) is 8.51. The van der Waals surface area contributed by atoms with Gasteiger partial charge in [0, 0.05) is 6.54 Å². The highest BCUT2D eigenvalue weighted by Gasteiger charge is 2.16. The molecule has 0 saturated carbocycles. The topological polar surface area (TPSA) is 78.1 Å². The lowest BCUT2D eigenvalue weighted by Crippen LogP contribution is -2.11. The number of hydrogen-bond acceptors (Lipinski definition) is 5. The fraction of sp³-hybridized carbons (Fsp3) is 0.400. The molecule has 1 atom stereocenters. The van der Waals surface area contributed by atoms with Gasteiger partial charge in [0.15, 0.2) is 0 Å². The van der Waals surface area contributed by atoms with Crippen molar-refractivity contribution in [3.05, 3.63) is 24.5 Å². The molecule has 0 fully saturated rings. The summed E-state index contributed by atoms with van der Waals surface area (Å²) in [6.45, 7) is 2.56. The average Bonchev–Trinajstić information content (AvgIpc) is 2.89. The van der Waals surface area contributed by atoms with Gasteiger partial charge >= 0.3 is 0 Å². The molecule has 0 aliphatic rings. The van der Waals surface area contributed by atoms with Gasteiger partial charge in [-0.1, -0.05) is 12.1 Å². The van der Waals surface area contributed by atoms with E-state index in [0.29, 0.717) is 18.3 Å². The van der Waals surface area contributed by atoms with Crippen LogP contribution in [0, 0.1) is 0 Å². The summed E-state index contributed by atoms with van der Waals surface area (Å²) in [6.07, 6.45) is 4.05. The quantitative estimate of drug-likeness (QED) is 0.826. The zero-order chi connectivity index (χ0) is 10.7. The monoisotopic (exact) mass is 207 g/mol. The minimum Gasteiger partial charge on any atom is -0.472 e. The summed E-state index contributed by atoms with van der Waals surface area (Å²) < 4.78 is 10.1. The predicted molar refractivity (Wildman–Crippen MR) is 54.1 cm³/mol. The van der Waals surface area contributed by atoms with Crippen LogP contribution in [0.1, 0.15) is 25.2 Å². The number of aromatic nitrogens is 2. The molecule has 0 bridgehead atoms. The standard InChI is InChI=1S/C10H13N3O2/c1-2-7(5-11)10-12-9(13-15-10)8-3-4-14-6-8/h3-4,6-7H,2,5,11H2,1H3. The van der Waals surface area contributed by atoms with Gasteiger partial charge in [-0.05, 0) is 12.5 Å². The van der Waals surface area contributed by atoms with Crippen molar-refractivity contribution in [2.45, 2.75) is 19.3 Å². The maximum absolute atomic E-state index is 5.60. The van der Waals surface area contributed by atoms with Gasteiger partial charge in [-0.3, -0.25) is 0 Å². The second-order valence-corrected chi connectivity index (χ2v) is 3.31. The fourth-order valence-electron chi connectivity index (χ4n) is 1.35. The molecule has 5 nitrogen and oxygen atoms in total. The molecule has 2 heterocycles. The second-order valence-electron chi connectivity index (χ2n) is 3.31. The van der Waals surface area contributed by atoms with Gasteiger partial charge in [-0.25, -0.2) is 0 Å². The van der Waals surface area contributed by atoms with Crippen molar-refractivity contribution in [1.29, 1.82) is 0 Å². The molecule has 80 valence electrons.